The number of aromatic nitrogens is 1. The highest BCUT2D eigenvalue weighted by molar-refractivity contribution is 7.13. The van der Waals surface area contributed by atoms with E-state index in [0.29, 0.717) is 11.7 Å². The van der Waals surface area contributed by atoms with Crippen LogP contribution in [0, 0.1) is 0 Å². The lowest BCUT2D eigenvalue weighted by Gasteiger charge is -2.14. The minimum absolute atomic E-state index is 0.0270. The number of nitrogens with zero attached hydrogens (tertiary/aromatic N) is 2. The van der Waals surface area contributed by atoms with Crippen molar-refractivity contribution in [2.45, 2.75) is 26.2 Å². The summed E-state index contributed by atoms with van der Waals surface area (Å²) in [5.41, 5.74) is 9.76. The summed E-state index contributed by atoms with van der Waals surface area (Å²) in [6.07, 6.45) is 0.824. The third-order valence-electron chi connectivity index (χ3n) is 3.80. The van der Waals surface area contributed by atoms with Gasteiger partial charge in [-0.15, -0.1) is 11.3 Å². The first-order chi connectivity index (χ1) is 9.65. The van der Waals surface area contributed by atoms with Crippen molar-refractivity contribution in [1.29, 1.82) is 0 Å². The van der Waals surface area contributed by atoms with Gasteiger partial charge in [-0.1, -0.05) is 13.0 Å². The largest absolute Gasteiger partial charge is 0.375 e. The zero-order valence-corrected chi connectivity index (χ0v) is 12.4. The van der Waals surface area contributed by atoms with E-state index in [2.05, 4.69) is 18.0 Å². The van der Waals surface area contributed by atoms with Crippen LogP contribution in [0.2, 0.25) is 0 Å². The summed E-state index contributed by atoms with van der Waals surface area (Å²) in [5.74, 6) is 0.181. The van der Waals surface area contributed by atoms with Gasteiger partial charge in [0.15, 0.2) is 5.13 Å². The summed E-state index contributed by atoms with van der Waals surface area (Å²) in [4.78, 5) is 18.5. The first kappa shape index (κ1) is 13.1. The Morgan fingerprint density at radius 3 is 2.80 bits per heavy atom. The topological polar surface area (TPSA) is 59.2 Å². The SMILES string of the molecule is CCC1C(=O)N(CC)c2ccc(-c3csc(N)n3)cc21. The maximum Gasteiger partial charge on any atom is 0.234 e. The Morgan fingerprint density at radius 1 is 1.40 bits per heavy atom. The minimum Gasteiger partial charge on any atom is -0.375 e. The van der Waals surface area contributed by atoms with E-state index in [1.165, 1.54) is 11.3 Å². The maximum atomic E-state index is 12.4. The van der Waals surface area contributed by atoms with Crippen molar-refractivity contribution in [3.05, 3.63) is 29.1 Å². The van der Waals surface area contributed by atoms with Gasteiger partial charge in [-0.25, -0.2) is 4.98 Å². The Hall–Kier alpha value is -1.88. The fourth-order valence-corrected chi connectivity index (χ4v) is 3.39. The lowest BCUT2D eigenvalue weighted by atomic mass is 9.96. The summed E-state index contributed by atoms with van der Waals surface area (Å²) in [7, 11) is 0. The van der Waals surface area contributed by atoms with Gasteiger partial charge in [0, 0.05) is 23.2 Å². The van der Waals surface area contributed by atoms with Crippen molar-refractivity contribution in [2.75, 3.05) is 17.2 Å². The molecule has 1 aromatic carbocycles. The van der Waals surface area contributed by atoms with Crippen LogP contribution in [0.1, 0.15) is 31.7 Å². The van der Waals surface area contributed by atoms with E-state index in [4.69, 9.17) is 5.73 Å². The molecule has 0 fully saturated rings. The Labute approximate surface area is 122 Å². The van der Waals surface area contributed by atoms with Crippen LogP contribution in [-0.4, -0.2) is 17.4 Å². The molecule has 20 heavy (non-hydrogen) atoms. The molecule has 1 aliphatic rings. The van der Waals surface area contributed by atoms with Crippen LogP contribution < -0.4 is 10.6 Å². The summed E-state index contributed by atoms with van der Waals surface area (Å²) < 4.78 is 0. The molecule has 1 aromatic heterocycles. The number of benzene rings is 1. The molecule has 1 unspecified atom stereocenters. The third-order valence-corrected chi connectivity index (χ3v) is 4.47. The summed E-state index contributed by atoms with van der Waals surface area (Å²) in [5, 5.41) is 2.52. The van der Waals surface area contributed by atoms with Crippen molar-refractivity contribution in [3.8, 4) is 11.3 Å². The number of thiazole rings is 1. The smallest absolute Gasteiger partial charge is 0.234 e. The van der Waals surface area contributed by atoms with Crippen molar-refractivity contribution in [2.24, 2.45) is 0 Å². The number of likely N-dealkylation sites (N-methyl/N-ethyl adjacent to an activating group) is 1. The molecular weight excluding hydrogens is 270 g/mol. The number of amides is 1. The molecule has 2 heterocycles. The molecule has 104 valence electrons. The molecule has 0 radical (unpaired) electrons. The second-order valence-corrected chi connectivity index (χ2v) is 5.78. The van der Waals surface area contributed by atoms with Crippen LogP contribution in [0.25, 0.3) is 11.3 Å². The van der Waals surface area contributed by atoms with Gasteiger partial charge in [-0.05, 0) is 31.0 Å². The first-order valence-corrected chi connectivity index (χ1v) is 7.70. The highest BCUT2D eigenvalue weighted by atomic mass is 32.1. The van der Waals surface area contributed by atoms with Gasteiger partial charge in [-0.2, -0.15) is 0 Å². The number of fused-ring (bicyclic) bond motifs is 1. The van der Waals surface area contributed by atoms with Crippen molar-refractivity contribution >= 4 is 28.1 Å². The number of rotatable bonds is 3. The fraction of sp³-hybridized carbons (Fsp3) is 0.333. The molecule has 0 spiro atoms. The van der Waals surface area contributed by atoms with E-state index in [9.17, 15) is 4.79 Å². The van der Waals surface area contributed by atoms with Gasteiger partial charge >= 0.3 is 0 Å². The molecule has 1 atom stereocenters. The van der Waals surface area contributed by atoms with Gasteiger partial charge in [0.1, 0.15) is 0 Å². The standard InChI is InChI=1S/C15H17N3OS/c1-3-10-11-7-9(12-8-20-15(16)17-12)5-6-13(11)18(4-2)14(10)19/h5-8,10H,3-4H2,1-2H3,(H2,16,17). The van der Waals surface area contributed by atoms with E-state index >= 15 is 0 Å². The van der Waals surface area contributed by atoms with E-state index in [1.54, 1.807) is 0 Å². The highest BCUT2D eigenvalue weighted by Crippen LogP contribution is 2.41. The van der Waals surface area contributed by atoms with Gasteiger partial charge < -0.3 is 10.6 Å². The number of carbonyl (C=O) groups is 1. The monoisotopic (exact) mass is 287 g/mol. The average Bonchev–Trinajstić information content (AvgIpc) is 2.98. The highest BCUT2D eigenvalue weighted by Gasteiger charge is 2.35. The van der Waals surface area contributed by atoms with Gasteiger partial charge in [0.25, 0.3) is 0 Å². The van der Waals surface area contributed by atoms with Crippen LogP contribution in [-0.2, 0) is 4.79 Å². The number of nitrogen functional groups attached to an aromatic ring is 1. The second kappa shape index (κ2) is 4.90. The molecule has 2 aromatic rings. The number of anilines is 2. The van der Waals surface area contributed by atoms with Gasteiger partial charge in [0.05, 0.1) is 11.6 Å². The normalized spacial score (nSPS) is 17.6. The lowest BCUT2D eigenvalue weighted by molar-refractivity contribution is -0.119. The number of hydrogen-bond donors (Lipinski definition) is 1. The van der Waals surface area contributed by atoms with Crippen molar-refractivity contribution in [3.63, 3.8) is 0 Å². The van der Waals surface area contributed by atoms with Crippen LogP contribution in [0.4, 0.5) is 10.8 Å². The summed E-state index contributed by atoms with van der Waals surface area (Å²) in [6, 6.07) is 6.13. The van der Waals surface area contributed by atoms with E-state index in [1.807, 2.05) is 29.3 Å². The molecule has 2 N–H and O–H groups in total. The first-order valence-electron chi connectivity index (χ1n) is 6.82. The molecule has 3 rings (SSSR count). The Morgan fingerprint density at radius 2 is 2.20 bits per heavy atom. The van der Waals surface area contributed by atoms with E-state index in [0.717, 1.165) is 28.9 Å². The maximum absolute atomic E-state index is 12.4. The van der Waals surface area contributed by atoms with E-state index < -0.39 is 0 Å². The molecule has 0 bridgehead atoms. The molecule has 4 nitrogen and oxygen atoms in total. The Kier molecular flexibility index (Phi) is 3.22. The fourth-order valence-electron chi connectivity index (χ4n) is 2.82. The summed E-state index contributed by atoms with van der Waals surface area (Å²) in [6.45, 7) is 4.78. The van der Waals surface area contributed by atoms with Crippen molar-refractivity contribution in [1.82, 2.24) is 4.98 Å². The molecule has 0 saturated heterocycles. The third kappa shape index (κ3) is 1.89. The van der Waals surface area contributed by atoms with Crippen LogP contribution >= 0.6 is 11.3 Å². The van der Waals surface area contributed by atoms with E-state index in [-0.39, 0.29) is 11.8 Å². The van der Waals surface area contributed by atoms with Crippen molar-refractivity contribution < 1.29 is 4.79 Å². The number of carbonyl (C=O) groups excluding carboxylic acids is 1. The molecular formula is C15H17N3OS. The summed E-state index contributed by atoms with van der Waals surface area (Å²) >= 11 is 1.43. The second-order valence-electron chi connectivity index (χ2n) is 4.89. The molecule has 0 aliphatic carbocycles. The minimum atomic E-state index is -0.0270. The predicted molar refractivity (Wildman–Crippen MR) is 83.0 cm³/mol. The van der Waals surface area contributed by atoms with Gasteiger partial charge in [-0.3, -0.25) is 4.79 Å². The lowest BCUT2D eigenvalue weighted by Crippen LogP contribution is -2.28. The number of nitrogens with two attached hydrogens (primary N) is 1. The Bertz CT molecular complexity index is 665. The Balaban J connectivity index is 2.09. The van der Waals surface area contributed by atoms with Crippen LogP contribution in [0.3, 0.4) is 0 Å². The average molecular weight is 287 g/mol. The zero-order chi connectivity index (χ0) is 14.3. The molecule has 5 heteroatoms. The van der Waals surface area contributed by atoms with Crippen LogP contribution in [0.15, 0.2) is 23.6 Å². The number of hydrogen-bond acceptors (Lipinski definition) is 4. The van der Waals surface area contributed by atoms with Gasteiger partial charge in [0.2, 0.25) is 5.91 Å². The predicted octanol–water partition coefficient (Wildman–Crippen LogP) is 3.25. The zero-order valence-electron chi connectivity index (χ0n) is 11.6. The molecule has 1 aliphatic heterocycles. The van der Waals surface area contributed by atoms with Crippen LogP contribution in [0.5, 0.6) is 0 Å². The molecule has 0 saturated carbocycles. The quantitative estimate of drug-likeness (QED) is 0.942. The molecule has 1 amide bonds.